The smallest absolute Gasteiger partial charge is 0.237 e. The first-order valence-electron chi connectivity index (χ1n) is 10.6. The first-order valence-corrected chi connectivity index (χ1v) is 10.6. The van der Waals surface area contributed by atoms with Crippen LogP contribution in [0.2, 0.25) is 0 Å². The van der Waals surface area contributed by atoms with E-state index in [1.807, 2.05) is 32.0 Å². The Kier molecular flexibility index (Phi) is 4.49. The van der Waals surface area contributed by atoms with E-state index >= 15 is 0 Å². The van der Waals surface area contributed by atoms with Gasteiger partial charge in [0.05, 0.1) is 17.5 Å². The minimum absolute atomic E-state index is 0.0687. The molecule has 3 aliphatic rings. The van der Waals surface area contributed by atoms with Crippen LogP contribution < -0.4 is 9.64 Å². The zero-order valence-electron chi connectivity index (χ0n) is 17.3. The summed E-state index contributed by atoms with van der Waals surface area (Å²) in [6, 6.07) is 12.7. The third-order valence-electron chi connectivity index (χ3n) is 7.07. The first-order chi connectivity index (χ1) is 14.4. The Morgan fingerprint density at radius 2 is 1.70 bits per heavy atom. The SMILES string of the molecule is Cc1ccc(C)c(C(=O)COc2cccc(N3C(=O)C4C5CCC(C5)C4C3=O)c2)c1. The Bertz CT molecular complexity index is 1030. The third-order valence-corrected chi connectivity index (χ3v) is 7.07. The molecule has 4 atom stereocenters. The average Bonchev–Trinajstić information content (AvgIpc) is 3.42. The van der Waals surface area contributed by atoms with Gasteiger partial charge >= 0.3 is 0 Å². The van der Waals surface area contributed by atoms with E-state index in [4.69, 9.17) is 4.74 Å². The topological polar surface area (TPSA) is 63.7 Å². The van der Waals surface area contributed by atoms with Gasteiger partial charge in [0.2, 0.25) is 11.8 Å². The monoisotopic (exact) mass is 403 g/mol. The fraction of sp³-hybridized carbons (Fsp3) is 0.400. The van der Waals surface area contributed by atoms with Crippen molar-refractivity contribution in [1.82, 2.24) is 0 Å². The second-order valence-corrected chi connectivity index (χ2v) is 8.92. The Labute approximate surface area is 176 Å². The number of imide groups is 1. The molecule has 2 aromatic rings. The fourth-order valence-electron chi connectivity index (χ4n) is 5.64. The lowest BCUT2D eigenvalue weighted by molar-refractivity contribution is -0.123. The summed E-state index contributed by atoms with van der Waals surface area (Å²) < 4.78 is 5.74. The van der Waals surface area contributed by atoms with Crippen LogP contribution in [0.1, 0.15) is 40.7 Å². The zero-order valence-corrected chi connectivity index (χ0v) is 17.3. The van der Waals surface area contributed by atoms with E-state index in [1.165, 1.54) is 4.90 Å². The summed E-state index contributed by atoms with van der Waals surface area (Å²) in [6.45, 7) is 3.76. The van der Waals surface area contributed by atoms with Gasteiger partial charge in [-0.2, -0.15) is 0 Å². The summed E-state index contributed by atoms with van der Waals surface area (Å²) in [5.41, 5.74) is 3.13. The van der Waals surface area contributed by atoms with Gasteiger partial charge in [-0.15, -0.1) is 0 Å². The lowest BCUT2D eigenvalue weighted by Crippen LogP contribution is -2.32. The van der Waals surface area contributed by atoms with Gasteiger partial charge in [0.25, 0.3) is 0 Å². The van der Waals surface area contributed by atoms with Gasteiger partial charge in [-0.05, 0) is 68.7 Å². The van der Waals surface area contributed by atoms with Gasteiger partial charge in [0.1, 0.15) is 5.75 Å². The van der Waals surface area contributed by atoms with Crippen LogP contribution in [0, 0.1) is 37.5 Å². The molecule has 2 amide bonds. The molecule has 154 valence electrons. The highest BCUT2D eigenvalue weighted by Gasteiger charge is 2.61. The molecule has 5 heteroatoms. The van der Waals surface area contributed by atoms with Crippen LogP contribution in [0.4, 0.5) is 5.69 Å². The van der Waals surface area contributed by atoms with Crippen LogP contribution in [-0.2, 0) is 9.59 Å². The van der Waals surface area contributed by atoms with Gasteiger partial charge < -0.3 is 4.74 Å². The van der Waals surface area contributed by atoms with E-state index in [-0.39, 0.29) is 36.0 Å². The summed E-state index contributed by atoms with van der Waals surface area (Å²) in [4.78, 5) is 40.0. The number of rotatable bonds is 5. The molecule has 0 aromatic heterocycles. The van der Waals surface area contributed by atoms with Crippen LogP contribution in [0.25, 0.3) is 0 Å². The Hall–Kier alpha value is -2.95. The second-order valence-electron chi connectivity index (χ2n) is 8.92. The molecule has 2 saturated carbocycles. The number of Topliss-reactive ketones (excluding diaryl/α,β-unsaturated/α-hetero) is 1. The standard InChI is InChI=1S/C25H25NO4/c1-14-6-7-15(2)20(10-14)21(27)13-30-19-5-3-4-18(12-19)26-24(28)22-16-8-9-17(11-16)23(22)25(26)29/h3-7,10,12,16-17,22-23H,8-9,11,13H2,1-2H3. The molecule has 5 rings (SSSR count). The van der Waals surface area contributed by atoms with Crippen molar-refractivity contribution in [2.24, 2.45) is 23.7 Å². The van der Waals surface area contributed by atoms with Crippen molar-refractivity contribution >= 4 is 23.3 Å². The number of fused-ring (bicyclic) bond motifs is 5. The highest BCUT2D eigenvalue weighted by atomic mass is 16.5. The van der Waals surface area contributed by atoms with Crippen molar-refractivity contribution < 1.29 is 19.1 Å². The van der Waals surface area contributed by atoms with E-state index in [0.29, 0.717) is 28.8 Å². The molecule has 3 fully saturated rings. The number of ketones is 1. The third kappa shape index (κ3) is 2.95. The lowest BCUT2D eigenvalue weighted by atomic mass is 9.81. The molecule has 0 spiro atoms. The first kappa shape index (κ1) is 19.0. The molecule has 2 aromatic carbocycles. The lowest BCUT2D eigenvalue weighted by Gasteiger charge is -2.19. The summed E-state index contributed by atoms with van der Waals surface area (Å²) in [6.07, 6.45) is 3.13. The maximum absolute atomic E-state index is 13.0. The van der Waals surface area contributed by atoms with Gasteiger partial charge in [-0.3, -0.25) is 14.4 Å². The molecule has 2 aliphatic carbocycles. The quantitative estimate of drug-likeness (QED) is 0.557. The molecule has 1 aliphatic heterocycles. The predicted molar refractivity (Wildman–Crippen MR) is 112 cm³/mol. The summed E-state index contributed by atoms with van der Waals surface area (Å²) >= 11 is 0. The Morgan fingerprint density at radius 3 is 2.40 bits per heavy atom. The summed E-state index contributed by atoms with van der Waals surface area (Å²) in [5.74, 6) is 0.667. The van der Waals surface area contributed by atoms with Gasteiger partial charge in [-0.25, -0.2) is 4.90 Å². The van der Waals surface area contributed by atoms with E-state index in [1.54, 1.807) is 24.3 Å². The normalized spacial score (nSPS) is 26.9. The van der Waals surface area contributed by atoms with Gasteiger partial charge in [-0.1, -0.05) is 23.8 Å². The maximum atomic E-state index is 13.0. The zero-order chi connectivity index (χ0) is 21.0. The molecule has 5 nitrogen and oxygen atoms in total. The van der Waals surface area contributed by atoms with Crippen LogP contribution in [0.3, 0.4) is 0 Å². The van der Waals surface area contributed by atoms with Crippen LogP contribution in [0.5, 0.6) is 5.75 Å². The largest absolute Gasteiger partial charge is 0.485 e. The number of aryl methyl sites for hydroxylation is 2. The number of amides is 2. The van der Waals surface area contributed by atoms with Crippen molar-refractivity contribution in [1.29, 1.82) is 0 Å². The Balaban J connectivity index is 1.33. The molecular formula is C25H25NO4. The average molecular weight is 403 g/mol. The van der Waals surface area contributed by atoms with Crippen LogP contribution in [0.15, 0.2) is 42.5 Å². The second kappa shape index (κ2) is 7.08. The molecule has 1 heterocycles. The van der Waals surface area contributed by atoms with Crippen molar-refractivity contribution in [3.05, 3.63) is 59.2 Å². The number of nitrogens with zero attached hydrogens (tertiary/aromatic N) is 1. The van der Waals surface area contributed by atoms with Gasteiger partial charge in [0, 0.05) is 11.6 Å². The number of hydrogen-bond donors (Lipinski definition) is 0. The highest BCUT2D eigenvalue weighted by Crippen LogP contribution is 2.56. The highest BCUT2D eigenvalue weighted by molar-refractivity contribution is 6.22. The number of carbonyl (C=O) groups excluding carboxylic acids is 3. The van der Waals surface area contributed by atoms with Crippen LogP contribution in [-0.4, -0.2) is 24.2 Å². The molecule has 0 radical (unpaired) electrons. The van der Waals surface area contributed by atoms with E-state index in [0.717, 1.165) is 30.4 Å². The van der Waals surface area contributed by atoms with Crippen molar-refractivity contribution in [3.63, 3.8) is 0 Å². The number of hydrogen-bond acceptors (Lipinski definition) is 4. The van der Waals surface area contributed by atoms with Gasteiger partial charge in [0.15, 0.2) is 12.4 Å². The number of ether oxygens (including phenoxy) is 1. The molecular weight excluding hydrogens is 378 g/mol. The molecule has 2 bridgehead atoms. The molecule has 0 N–H and O–H groups in total. The molecule has 30 heavy (non-hydrogen) atoms. The molecule has 1 saturated heterocycles. The number of carbonyl (C=O) groups is 3. The van der Waals surface area contributed by atoms with Crippen molar-refractivity contribution in [3.8, 4) is 5.75 Å². The van der Waals surface area contributed by atoms with E-state index in [9.17, 15) is 14.4 Å². The number of benzene rings is 2. The minimum atomic E-state index is -0.147. The van der Waals surface area contributed by atoms with E-state index < -0.39 is 0 Å². The molecule has 4 unspecified atom stereocenters. The van der Waals surface area contributed by atoms with Crippen molar-refractivity contribution in [2.45, 2.75) is 33.1 Å². The van der Waals surface area contributed by atoms with Crippen molar-refractivity contribution in [2.75, 3.05) is 11.5 Å². The van der Waals surface area contributed by atoms with Crippen LogP contribution >= 0.6 is 0 Å². The predicted octanol–water partition coefficient (Wildman–Crippen LogP) is 4.10. The summed E-state index contributed by atoms with van der Waals surface area (Å²) in [5, 5.41) is 0. The summed E-state index contributed by atoms with van der Waals surface area (Å²) in [7, 11) is 0. The minimum Gasteiger partial charge on any atom is -0.485 e. The fourth-order valence-corrected chi connectivity index (χ4v) is 5.64. The maximum Gasteiger partial charge on any atom is 0.237 e. The number of anilines is 1. The Morgan fingerprint density at radius 1 is 1.00 bits per heavy atom. The van der Waals surface area contributed by atoms with E-state index in [2.05, 4.69) is 0 Å².